The molecule has 0 saturated carbocycles. The van der Waals surface area contributed by atoms with Crippen LogP contribution in [0.4, 0.5) is 5.69 Å². The Kier molecular flexibility index (Phi) is 3.83. The third-order valence-electron chi connectivity index (χ3n) is 4.33. The van der Waals surface area contributed by atoms with E-state index in [1.165, 1.54) is 25.9 Å². The zero-order valence-electron chi connectivity index (χ0n) is 12.2. The molecule has 1 aromatic carbocycles. The monoisotopic (exact) mass is 270 g/mol. The molecule has 1 saturated heterocycles. The Balaban J connectivity index is 1.69. The van der Waals surface area contributed by atoms with E-state index in [-0.39, 0.29) is 0 Å². The molecule has 0 spiro atoms. The highest BCUT2D eigenvalue weighted by Crippen LogP contribution is 2.23. The highest BCUT2D eigenvalue weighted by atomic mass is 15.1. The molecule has 0 radical (unpaired) electrons. The summed E-state index contributed by atoms with van der Waals surface area (Å²) in [7, 11) is 2.20. The molecule has 1 aliphatic rings. The molecule has 0 bridgehead atoms. The Morgan fingerprint density at radius 1 is 1.15 bits per heavy atom. The van der Waals surface area contributed by atoms with Gasteiger partial charge < -0.3 is 10.2 Å². The molecule has 106 valence electrons. The predicted octanol–water partition coefficient (Wildman–Crippen LogP) is 2.77. The quantitative estimate of drug-likeness (QED) is 0.931. The molecule has 4 nitrogen and oxygen atoms in total. The average Bonchev–Trinajstić information content (AvgIpc) is 2.48. The predicted molar refractivity (Wildman–Crippen MR) is 82.8 cm³/mol. The Hall–Kier alpha value is -1.68. The Labute approximate surface area is 120 Å². The van der Waals surface area contributed by atoms with Crippen LogP contribution in [0.2, 0.25) is 0 Å². The summed E-state index contributed by atoms with van der Waals surface area (Å²) in [5, 5.41) is 3.63. The van der Waals surface area contributed by atoms with Gasteiger partial charge in [0.25, 0.3) is 0 Å². The number of likely N-dealkylation sites (tertiary alicyclic amines) is 1. The van der Waals surface area contributed by atoms with Crippen molar-refractivity contribution in [2.75, 3.05) is 25.5 Å². The lowest BCUT2D eigenvalue weighted by Crippen LogP contribution is -2.37. The van der Waals surface area contributed by atoms with Crippen molar-refractivity contribution in [2.45, 2.75) is 25.8 Å². The first-order valence-electron chi connectivity index (χ1n) is 7.38. The number of benzene rings is 1. The molecule has 1 aliphatic heterocycles. The minimum absolute atomic E-state index is 0.498. The minimum Gasteiger partial charge on any atom is -0.382 e. The first-order chi connectivity index (χ1) is 9.72. The zero-order chi connectivity index (χ0) is 13.9. The maximum Gasteiger partial charge on any atom is 0.0907 e. The lowest BCUT2D eigenvalue weighted by Gasteiger charge is -2.33. The second-order valence-electron chi connectivity index (χ2n) is 5.83. The lowest BCUT2D eigenvalue weighted by molar-refractivity contribution is 0.208. The fourth-order valence-corrected chi connectivity index (χ4v) is 2.96. The fraction of sp³-hybridized carbons (Fsp3) is 0.500. The third kappa shape index (κ3) is 2.90. The van der Waals surface area contributed by atoms with Crippen molar-refractivity contribution < 1.29 is 0 Å². The molecule has 3 rings (SSSR count). The van der Waals surface area contributed by atoms with Crippen LogP contribution >= 0.6 is 0 Å². The molecule has 0 aliphatic carbocycles. The molecule has 1 aromatic heterocycles. The van der Waals surface area contributed by atoms with Crippen LogP contribution in [-0.2, 0) is 0 Å². The van der Waals surface area contributed by atoms with Crippen LogP contribution in [0.25, 0.3) is 11.0 Å². The van der Waals surface area contributed by atoms with E-state index < -0.39 is 0 Å². The van der Waals surface area contributed by atoms with E-state index in [0.29, 0.717) is 6.04 Å². The summed E-state index contributed by atoms with van der Waals surface area (Å²) in [6, 6.07) is 6.72. The van der Waals surface area contributed by atoms with Crippen LogP contribution < -0.4 is 5.32 Å². The van der Waals surface area contributed by atoms with E-state index in [9.17, 15) is 0 Å². The van der Waals surface area contributed by atoms with Gasteiger partial charge in [0.1, 0.15) is 0 Å². The van der Waals surface area contributed by atoms with Crippen molar-refractivity contribution in [3.63, 3.8) is 0 Å². The summed E-state index contributed by atoms with van der Waals surface area (Å²) in [5.41, 5.74) is 3.04. The zero-order valence-corrected chi connectivity index (χ0v) is 12.2. The molecule has 2 aromatic rings. The van der Waals surface area contributed by atoms with Crippen molar-refractivity contribution >= 4 is 16.7 Å². The van der Waals surface area contributed by atoms with Gasteiger partial charge in [-0.25, -0.2) is 0 Å². The molecular formula is C16H22N4. The molecule has 20 heavy (non-hydrogen) atoms. The number of fused-ring (bicyclic) bond motifs is 1. The summed E-state index contributed by atoms with van der Waals surface area (Å²) in [6.07, 6.45) is 6.03. The molecule has 2 heterocycles. The van der Waals surface area contributed by atoms with E-state index in [4.69, 9.17) is 0 Å². The first-order valence-corrected chi connectivity index (χ1v) is 7.38. The average molecular weight is 270 g/mol. The number of anilines is 1. The number of rotatable bonds is 3. The van der Waals surface area contributed by atoms with Gasteiger partial charge in [-0.1, -0.05) is 0 Å². The van der Waals surface area contributed by atoms with Gasteiger partial charge in [0.15, 0.2) is 0 Å². The molecular weight excluding hydrogens is 248 g/mol. The van der Waals surface area contributed by atoms with Crippen molar-refractivity contribution in [2.24, 2.45) is 5.92 Å². The summed E-state index contributed by atoms with van der Waals surface area (Å²) >= 11 is 0. The van der Waals surface area contributed by atoms with Crippen molar-refractivity contribution in [3.8, 4) is 0 Å². The van der Waals surface area contributed by atoms with Gasteiger partial charge in [0.2, 0.25) is 0 Å². The SMILES string of the molecule is CC(Nc1ccc2nccnc2c1)C1CCN(C)CC1. The van der Waals surface area contributed by atoms with Crippen LogP contribution in [0.15, 0.2) is 30.6 Å². The van der Waals surface area contributed by atoms with Gasteiger partial charge in [0.05, 0.1) is 11.0 Å². The standard InChI is InChI=1S/C16H22N4/c1-12(13-5-9-20(2)10-6-13)19-14-3-4-15-16(11-14)18-8-7-17-15/h3-4,7-8,11-13,19H,5-6,9-10H2,1-2H3. The second-order valence-corrected chi connectivity index (χ2v) is 5.83. The number of piperidine rings is 1. The molecule has 4 heteroatoms. The Morgan fingerprint density at radius 2 is 1.85 bits per heavy atom. The summed E-state index contributed by atoms with van der Waals surface area (Å²) in [4.78, 5) is 11.1. The molecule has 1 atom stereocenters. The number of nitrogens with one attached hydrogen (secondary N) is 1. The van der Waals surface area contributed by atoms with Crippen LogP contribution in [0, 0.1) is 5.92 Å². The summed E-state index contributed by atoms with van der Waals surface area (Å²) in [5.74, 6) is 0.753. The van der Waals surface area contributed by atoms with E-state index in [2.05, 4.69) is 46.3 Å². The van der Waals surface area contributed by atoms with E-state index >= 15 is 0 Å². The fourth-order valence-electron chi connectivity index (χ4n) is 2.96. The molecule has 1 fully saturated rings. The second kappa shape index (κ2) is 5.75. The molecule has 1 N–H and O–H groups in total. The number of nitrogens with zero attached hydrogens (tertiary/aromatic N) is 3. The Bertz CT molecular complexity index is 575. The van der Waals surface area contributed by atoms with Crippen molar-refractivity contribution in [3.05, 3.63) is 30.6 Å². The van der Waals surface area contributed by atoms with E-state index in [1.54, 1.807) is 12.4 Å². The number of aromatic nitrogens is 2. The van der Waals surface area contributed by atoms with Gasteiger partial charge in [-0.15, -0.1) is 0 Å². The maximum absolute atomic E-state index is 4.36. The van der Waals surface area contributed by atoms with Crippen molar-refractivity contribution in [1.82, 2.24) is 14.9 Å². The van der Waals surface area contributed by atoms with Crippen molar-refractivity contribution in [1.29, 1.82) is 0 Å². The van der Waals surface area contributed by atoms with Crippen LogP contribution in [-0.4, -0.2) is 41.0 Å². The largest absolute Gasteiger partial charge is 0.382 e. The van der Waals surface area contributed by atoms with Gasteiger partial charge in [-0.05, 0) is 64.0 Å². The normalized spacial score (nSPS) is 19.1. The van der Waals surface area contributed by atoms with Crippen LogP contribution in [0.3, 0.4) is 0 Å². The van der Waals surface area contributed by atoms with Gasteiger partial charge in [-0.3, -0.25) is 9.97 Å². The smallest absolute Gasteiger partial charge is 0.0907 e. The van der Waals surface area contributed by atoms with Gasteiger partial charge in [-0.2, -0.15) is 0 Å². The lowest BCUT2D eigenvalue weighted by atomic mass is 9.90. The minimum atomic E-state index is 0.498. The van der Waals surface area contributed by atoms with Gasteiger partial charge >= 0.3 is 0 Å². The number of hydrogen-bond donors (Lipinski definition) is 1. The van der Waals surface area contributed by atoms with Crippen LogP contribution in [0.5, 0.6) is 0 Å². The van der Waals surface area contributed by atoms with E-state index in [0.717, 1.165) is 22.6 Å². The number of hydrogen-bond acceptors (Lipinski definition) is 4. The maximum atomic E-state index is 4.36. The van der Waals surface area contributed by atoms with Gasteiger partial charge in [0, 0.05) is 24.1 Å². The highest BCUT2D eigenvalue weighted by Gasteiger charge is 2.22. The summed E-state index contributed by atoms with van der Waals surface area (Å²) in [6.45, 7) is 4.70. The molecule has 0 amide bonds. The highest BCUT2D eigenvalue weighted by molar-refractivity contribution is 5.78. The first kappa shape index (κ1) is 13.3. The third-order valence-corrected chi connectivity index (χ3v) is 4.33. The van der Waals surface area contributed by atoms with E-state index in [1.807, 2.05) is 6.07 Å². The Morgan fingerprint density at radius 3 is 2.60 bits per heavy atom. The topological polar surface area (TPSA) is 41.1 Å². The molecule has 1 unspecified atom stereocenters. The van der Waals surface area contributed by atoms with Crippen LogP contribution in [0.1, 0.15) is 19.8 Å². The summed E-state index contributed by atoms with van der Waals surface area (Å²) < 4.78 is 0.